The summed E-state index contributed by atoms with van der Waals surface area (Å²) >= 11 is 0. The molecule has 26 heavy (non-hydrogen) atoms. The number of nitriles is 1. The van der Waals surface area contributed by atoms with Gasteiger partial charge in [-0.1, -0.05) is 30.3 Å². The van der Waals surface area contributed by atoms with E-state index >= 15 is 0 Å². The molecule has 2 unspecified atom stereocenters. The summed E-state index contributed by atoms with van der Waals surface area (Å²) in [6, 6.07) is 12.1. The van der Waals surface area contributed by atoms with Crippen molar-refractivity contribution in [1.82, 2.24) is 4.98 Å². The number of nitrogens with one attached hydrogen (secondary N) is 1. The van der Waals surface area contributed by atoms with Crippen LogP contribution in [0.2, 0.25) is 0 Å². The number of aromatic hydroxyl groups is 2. The summed E-state index contributed by atoms with van der Waals surface area (Å²) in [6.45, 7) is 1.00. The molecule has 1 aromatic carbocycles. The first-order valence-corrected chi connectivity index (χ1v) is 8.94. The quantitative estimate of drug-likeness (QED) is 0.661. The van der Waals surface area contributed by atoms with E-state index in [1.54, 1.807) is 0 Å². The van der Waals surface area contributed by atoms with Crippen LogP contribution in [-0.4, -0.2) is 21.8 Å². The molecule has 0 saturated carbocycles. The van der Waals surface area contributed by atoms with Gasteiger partial charge in [-0.15, -0.1) is 0 Å². The lowest BCUT2D eigenvalue weighted by Gasteiger charge is -2.26. The summed E-state index contributed by atoms with van der Waals surface area (Å²) in [6.07, 6.45) is 2.90. The smallest absolute Gasteiger partial charge is 0.197 e. The maximum absolute atomic E-state index is 10.3. The molecule has 6 nitrogen and oxygen atoms in total. The molecule has 1 saturated heterocycles. The molecule has 136 valence electrons. The van der Waals surface area contributed by atoms with Gasteiger partial charge < -0.3 is 19.7 Å². The number of rotatable bonds is 7. The molecular weight excluding hydrogens is 332 g/mol. The van der Waals surface area contributed by atoms with E-state index in [1.807, 2.05) is 30.3 Å². The lowest BCUT2D eigenvalue weighted by atomic mass is 9.75. The number of fused-ring (bicyclic) bond motifs is 5. The zero-order chi connectivity index (χ0) is 18.2. The van der Waals surface area contributed by atoms with Crippen LogP contribution in [0.4, 0.5) is 0 Å². The van der Waals surface area contributed by atoms with Gasteiger partial charge in [0.25, 0.3) is 0 Å². The molecule has 4 rings (SSSR count). The van der Waals surface area contributed by atoms with Crippen LogP contribution in [0.1, 0.15) is 48.8 Å². The van der Waals surface area contributed by atoms with E-state index in [1.165, 1.54) is 0 Å². The second kappa shape index (κ2) is 6.35. The Morgan fingerprint density at radius 3 is 2.38 bits per heavy atom. The molecule has 0 radical (unpaired) electrons. The van der Waals surface area contributed by atoms with Crippen molar-refractivity contribution in [2.75, 3.05) is 6.61 Å². The predicted octanol–water partition coefficient (Wildman–Crippen LogP) is 3.55. The van der Waals surface area contributed by atoms with Gasteiger partial charge in [-0.25, -0.2) is 0 Å². The van der Waals surface area contributed by atoms with Crippen molar-refractivity contribution in [3.63, 3.8) is 0 Å². The molecule has 2 atom stereocenters. The molecule has 2 bridgehead atoms. The number of aromatic amines is 1. The number of ether oxygens (including phenoxy) is 2. The molecule has 2 aliphatic heterocycles. The average Bonchev–Trinajstić information content (AvgIpc) is 3.27. The van der Waals surface area contributed by atoms with Crippen molar-refractivity contribution in [2.45, 2.75) is 49.9 Å². The molecule has 2 aromatic rings. The van der Waals surface area contributed by atoms with E-state index < -0.39 is 11.2 Å². The Balaban J connectivity index is 1.51. The highest BCUT2D eigenvalue weighted by Crippen LogP contribution is 2.65. The minimum Gasteiger partial charge on any atom is -0.494 e. The molecule has 2 aliphatic rings. The Morgan fingerprint density at radius 1 is 1.08 bits per heavy atom. The predicted molar refractivity (Wildman–Crippen MR) is 93.4 cm³/mol. The highest BCUT2D eigenvalue weighted by atomic mass is 16.5. The van der Waals surface area contributed by atoms with Crippen LogP contribution in [0.25, 0.3) is 0 Å². The van der Waals surface area contributed by atoms with Gasteiger partial charge in [-0.05, 0) is 24.8 Å². The van der Waals surface area contributed by atoms with Crippen LogP contribution in [0, 0.1) is 11.3 Å². The number of hydrogen-bond acceptors (Lipinski definition) is 5. The van der Waals surface area contributed by atoms with Gasteiger partial charge in [0.1, 0.15) is 11.2 Å². The fraction of sp³-hybridized carbons (Fsp3) is 0.450. The van der Waals surface area contributed by atoms with Gasteiger partial charge in [0.2, 0.25) is 0 Å². The Kier molecular flexibility index (Phi) is 4.14. The number of nitrogens with zero attached hydrogens (tertiary/aromatic N) is 1. The SMILES string of the molecule is N#CCCC12CCC(CCOCc3ccccc3)(O1)c1c(O)[nH]c(O)c12. The number of aromatic nitrogens is 1. The summed E-state index contributed by atoms with van der Waals surface area (Å²) in [7, 11) is 0. The summed E-state index contributed by atoms with van der Waals surface area (Å²) in [5, 5.41) is 29.5. The second-order valence-electron chi connectivity index (χ2n) is 7.11. The van der Waals surface area contributed by atoms with Crippen LogP contribution in [0.3, 0.4) is 0 Å². The van der Waals surface area contributed by atoms with Gasteiger partial charge in [-0.2, -0.15) is 5.26 Å². The minimum absolute atomic E-state index is 0.0425. The van der Waals surface area contributed by atoms with Gasteiger partial charge in [0.15, 0.2) is 11.8 Å². The van der Waals surface area contributed by atoms with Crippen LogP contribution >= 0.6 is 0 Å². The van der Waals surface area contributed by atoms with E-state index in [-0.39, 0.29) is 11.8 Å². The third-order valence-electron chi connectivity index (χ3n) is 5.60. The molecule has 0 aliphatic carbocycles. The third-order valence-corrected chi connectivity index (χ3v) is 5.60. The van der Waals surface area contributed by atoms with E-state index in [0.29, 0.717) is 43.6 Å². The number of hydrogen-bond donors (Lipinski definition) is 3. The highest BCUT2D eigenvalue weighted by Gasteiger charge is 2.62. The van der Waals surface area contributed by atoms with Crippen molar-refractivity contribution < 1.29 is 19.7 Å². The van der Waals surface area contributed by atoms with Crippen LogP contribution in [0.15, 0.2) is 30.3 Å². The lowest BCUT2D eigenvalue weighted by molar-refractivity contribution is -0.105. The highest BCUT2D eigenvalue weighted by molar-refractivity contribution is 5.55. The molecule has 6 heteroatoms. The molecule has 0 spiro atoms. The van der Waals surface area contributed by atoms with E-state index in [0.717, 1.165) is 18.4 Å². The van der Waals surface area contributed by atoms with E-state index in [4.69, 9.17) is 14.7 Å². The molecule has 3 heterocycles. The van der Waals surface area contributed by atoms with Gasteiger partial charge in [0.05, 0.1) is 30.4 Å². The Hall–Kier alpha value is -2.49. The molecule has 1 aromatic heterocycles. The summed E-state index contributed by atoms with van der Waals surface area (Å²) in [5.74, 6) is -0.0960. The van der Waals surface area contributed by atoms with Crippen molar-refractivity contribution in [1.29, 1.82) is 5.26 Å². The average molecular weight is 354 g/mol. The van der Waals surface area contributed by atoms with Crippen molar-refractivity contribution >= 4 is 0 Å². The fourth-order valence-electron chi connectivity index (χ4n) is 4.45. The van der Waals surface area contributed by atoms with Crippen LogP contribution < -0.4 is 0 Å². The maximum Gasteiger partial charge on any atom is 0.197 e. The van der Waals surface area contributed by atoms with Crippen LogP contribution in [0.5, 0.6) is 11.8 Å². The Labute approximate surface area is 152 Å². The van der Waals surface area contributed by atoms with Crippen molar-refractivity contribution in [3.8, 4) is 17.8 Å². The van der Waals surface area contributed by atoms with Gasteiger partial charge in [-0.3, -0.25) is 4.98 Å². The van der Waals surface area contributed by atoms with Gasteiger partial charge in [0, 0.05) is 12.8 Å². The summed E-state index contributed by atoms with van der Waals surface area (Å²) in [4.78, 5) is 2.63. The zero-order valence-corrected chi connectivity index (χ0v) is 14.5. The molecular formula is C20H22N2O4. The lowest BCUT2D eigenvalue weighted by Crippen LogP contribution is -2.25. The largest absolute Gasteiger partial charge is 0.494 e. The molecule has 1 fully saturated rings. The monoisotopic (exact) mass is 354 g/mol. The first kappa shape index (κ1) is 17.0. The minimum atomic E-state index is -0.688. The second-order valence-corrected chi connectivity index (χ2v) is 7.11. The Bertz CT molecular complexity index is 841. The molecule has 3 N–H and O–H groups in total. The standard InChI is InChI=1S/C20H22N2O4/c21-11-4-7-19-8-9-20(26-19,16-15(19)17(23)22-18(16)24)10-12-25-13-14-5-2-1-3-6-14/h1-3,5-6,22-24H,4,7-10,12-13H2. The topological polar surface area (TPSA) is 98.5 Å². The first-order valence-electron chi connectivity index (χ1n) is 8.94. The maximum atomic E-state index is 10.3. The summed E-state index contributed by atoms with van der Waals surface area (Å²) in [5.41, 5.74) is 1.02. The van der Waals surface area contributed by atoms with E-state index in [9.17, 15) is 10.2 Å². The number of H-pyrrole nitrogens is 1. The molecule has 0 amide bonds. The first-order chi connectivity index (χ1) is 12.6. The third kappa shape index (κ3) is 2.56. The van der Waals surface area contributed by atoms with Gasteiger partial charge >= 0.3 is 0 Å². The normalized spacial score (nSPS) is 26.0. The summed E-state index contributed by atoms with van der Waals surface area (Å²) < 4.78 is 12.2. The number of benzene rings is 1. The Morgan fingerprint density at radius 2 is 1.73 bits per heavy atom. The van der Waals surface area contributed by atoms with Crippen LogP contribution in [-0.2, 0) is 27.3 Å². The van der Waals surface area contributed by atoms with Crippen molar-refractivity contribution in [2.24, 2.45) is 0 Å². The van der Waals surface area contributed by atoms with E-state index in [2.05, 4.69) is 11.1 Å². The zero-order valence-electron chi connectivity index (χ0n) is 14.5. The fourth-order valence-corrected chi connectivity index (χ4v) is 4.45. The van der Waals surface area contributed by atoms with Crippen molar-refractivity contribution in [3.05, 3.63) is 47.0 Å².